The molecule has 2 aromatic rings. The maximum Gasteiger partial charge on any atom is 0.280 e. The Kier molecular flexibility index (Phi) is 4.11. The summed E-state index contributed by atoms with van der Waals surface area (Å²) in [6.07, 6.45) is 0.744. The second-order valence-electron chi connectivity index (χ2n) is 4.47. The molecule has 0 saturated heterocycles. The van der Waals surface area contributed by atoms with Gasteiger partial charge in [-0.15, -0.1) is 0 Å². The van der Waals surface area contributed by atoms with Crippen molar-refractivity contribution in [2.24, 2.45) is 7.05 Å². The molecule has 0 aliphatic carbocycles. The Bertz CT molecular complexity index is 605. The Hall–Kier alpha value is -2.25. The normalized spacial score (nSPS) is 11.1. The van der Waals surface area contributed by atoms with E-state index in [1.54, 1.807) is 31.0 Å². The number of aryl methyl sites for hydroxylation is 2. The van der Waals surface area contributed by atoms with Crippen molar-refractivity contribution in [3.63, 3.8) is 0 Å². The van der Waals surface area contributed by atoms with Crippen molar-refractivity contribution in [3.8, 4) is 0 Å². The van der Waals surface area contributed by atoms with Crippen LogP contribution >= 0.6 is 0 Å². The van der Waals surface area contributed by atoms with Gasteiger partial charge in [0.15, 0.2) is 0 Å². The lowest BCUT2D eigenvalue weighted by atomic mass is 10.3. The van der Waals surface area contributed by atoms with Crippen molar-refractivity contribution in [1.82, 2.24) is 24.9 Å². The van der Waals surface area contributed by atoms with Crippen LogP contribution < -0.4 is 5.32 Å². The Morgan fingerprint density at radius 3 is 2.85 bits per heavy atom. The van der Waals surface area contributed by atoms with Gasteiger partial charge in [-0.1, -0.05) is 0 Å². The lowest BCUT2D eigenvalue weighted by molar-refractivity contribution is -0.122. The topological polar surface area (TPSA) is 64.7 Å². The van der Waals surface area contributed by atoms with Crippen LogP contribution in [0, 0.1) is 6.92 Å². The van der Waals surface area contributed by atoms with E-state index in [1.807, 2.05) is 0 Å². The lowest BCUT2D eigenvalue weighted by Gasteiger charge is -2.07. The molecule has 0 atom stereocenters. The molecule has 0 aromatic carbocycles. The molecule has 0 spiro atoms. The molecule has 0 fully saturated rings. The number of nitrogens with one attached hydrogen (secondary N) is 1. The standard InChI is InChI=1S/C12H15F2N5O/c1-8-3-10(12(13)14)19(17-8)7-11(20)15-4-9-5-16-18(2)6-9/h3,5-6,12H,4,7H2,1-2H3,(H,15,20). The number of hydrogen-bond acceptors (Lipinski definition) is 3. The van der Waals surface area contributed by atoms with E-state index >= 15 is 0 Å². The molecule has 2 rings (SSSR count). The van der Waals surface area contributed by atoms with Crippen molar-refractivity contribution >= 4 is 5.91 Å². The highest BCUT2D eigenvalue weighted by molar-refractivity contribution is 5.75. The highest BCUT2D eigenvalue weighted by Gasteiger charge is 2.17. The summed E-state index contributed by atoms with van der Waals surface area (Å²) in [5.41, 5.74) is 1.05. The first-order valence-corrected chi connectivity index (χ1v) is 6.02. The van der Waals surface area contributed by atoms with E-state index in [1.165, 1.54) is 6.07 Å². The van der Waals surface area contributed by atoms with Gasteiger partial charge < -0.3 is 5.32 Å². The number of aromatic nitrogens is 4. The van der Waals surface area contributed by atoms with Gasteiger partial charge in [0.1, 0.15) is 12.2 Å². The van der Waals surface area contributed by atoms with Crippen molar-refractivity contribution in [2.45, 2.75) is 26.4 Å². The van der Waals surface area contributed by atoms with Crippen LogP contribution in [0.25, 0.3) is 0 Å². The highest BCUT2D eigenvalue weighted by atomic mass is 19.3. The zero-order valence-corrected chi connectivity index (χ0v) is 11.2. The van der Waals surface area contributed by atoms with Gasteiger partial charge in [0.2, 0.25) is 5.91 Å². The first-order chi connectivity index (χ1) is 9.45. The number of carbonyl (C=O) groups is 1. The zero-order valence-electron chi connectivity index (χ0n) is 11.2. The van der Waals surface area contributed by atoms with Gasteiger partial charge in [0.05, 0.1) is 11.9 Å². The Morgan fingerprint density at radius 1 is 1.50 bits per heavy atom. The quantitative estimate of drug-likeness (QED) is 0.896. The maximum absolute atomic E-state index is 12.7. The predicted molar refractivity (Wildman–Crippen MR) is 67.0 cm³/mol. The minimum atomic E-state index is -2.65. The lowest BCUT2D eigenvalue weighted by Crippen LogP contribution is -2.28. The number of carbonyl (C=O) groups excluding carboxylic acids is 1. The highest BCUT2D eigenvalue weighted by Crippen LogP contribution is 2.19. The average Bonchev–Trinajstić information content (AvgIpc) is 2.93. The largest absolute Gasteiger partial charge is 0.350 e. The van der Waals surface area contributed by atoms with E-state index < -0.39 is 6.43 Å². The van der Waals surface area contributed by atoms with Crippen molar-refractivity contribution in [1.29, 1.82) is 0 Å². The van der Waals surface area contributed by atoms with E-state index in [9.17, 15) is 13.6 Å². The van der Waals surface area contributed by atoms with Crippen LogP contribution in [0.3, 0.4) is 0 Å². The number of amides is 1. The molecule has 0 unspecified atom stereocenters. The summed E-state index contributed by atoms with van der Waals surface area (Å²) in [5.74, 6) is -0.376. The third kappa shape index (κ3) is 3.40. The SMILES string of the molecule is Cc1cc(C(F)F)n(CC(=O)NCc2cnn(C)c2)n1. The Balaban J connectivity index is 1.94. The van der Waals surface area contributed by atoms with E-state index in [0.717, 1.165) is 10.2 Å². The maximum atomic E-state index is 12.7. The fourth-order valence-corrected chi connectivity index (χ4v) is 1.82. The van der Waals surface area contributed by atoms with Crippen molar-refractivity contribution < 1.29 is 13.6 Å². The second kappa shape index (κ2) is 5.81. The van der Waals surface area contributed by atoms with E-state index in [-0.39, 0.29) is 18.1 Å². The first kappa shape index (κ1) is 14.2. The minimum Gasteiger partial charge on any atom is -0.350 e. The van der Waals surface area contributed by atoms with Crippen molar-refractivity contribution in [3.05, 3.63) is 35.4 Å². The van der Waals surface area contributed by atoms with E-state index in [4.69, 9.17) is 0 Å². The summed E-state index contributed by atoms with van der Waals surface area (Å²) in [6, 6.07) is 1.28. The minimum absolute atomic E-state index is 0.228. The van der Waals surface area contributed by atoms with Crippen LogP contribution in [0.15, 0.2) is 18.5 Å². The van der Waals surface area contributed by atoms with Gasteiger partial charge >= 0.3 is 0 Å². The molecule has 0 bridgehead atoms. The van der Waals surface area contributed by atoms with Gasteiger partial charge in [-0.25, -0.2) is 8.78 Å². The fourth-order valence-electron chi connectivity index (χ4n) is 1.82. The number of alkyl halides is 2. The smallest absolute Gasteiger partial charge is 0.280 e. The molecule has 1 N–H and O–H groups in total. The van der Waals surface area contributed by atoms with Gasteiger partial charge in [-0.3, -0.25) is 14.2 Å². The van der Waals surface area contributed by atoms with Crippen LogP contribution in [-0.4, -0.2) is 25.5 Å². The molecule has 1 amide bonds. The molecule has 108 valence electrons. The average molecular weight is 283 g/mol. The number of halogens is 2. The Morgan fingerprint density at radius 2 is 2.25 bits per heavy atom. The molecule has 0 aliphatic heterocycles. The van der Waals surface area contributed by atoms with Crippen LogP contribution in [0.5, 0.6) is 0 Å². The summed E-state index contributed by atoms with van der Waals surface area (Å²) in [7, 11) is 1.77. The first-order valence-electron chi connectivity index (χ1n) is 6.02. The summed E-state index contributed by atoms with van der Waals surface area (Å²) in [5, 5.41) is 10.5. The molecule has 0 saturated carbocycles. The van der Waals surface area contributed by atoms with Gasteiger partial charge in [0, 0.05) is 25.4 Å². The molecule has 2 aromatic heterocycles. The summed E-state index contributed by atoms with van der Waals surface area (Å²) >= 11 is 0. The summed E-state index contributed by atoms with van der Waals surface area (Å²) in [6.45, 7) is 1.68. The molecule has 0 radical (unpaired) electrons. The number of hydrogen-bond donors (Lipinski definition) is 1. The molecule has 6 nitrogen and oxygen atoms in total. The third-order valence-corrected chi connectivity index (χ3v) is 2.70. The third-order valence-electron chi connectivity index (χ3n) is 2.70. The van der Waals surface area contributed by atoms with Crippen molar-refractivity contribution in [2.75, 3.05) is 0 Å². The van der Waals surface area contributed by atoms with E-state index in [2.05, 4.69) is 15.5 Å². The summed E-state index contributed by atoms with van der Waals surface area (Å²) in [4.78, 5) is 11.7. The van der Waals surface area contributed by atoms with Gasteiger partial charge in [-0.05, 0) is 13.0 Å². The number of rotatable bonds is 5. The van der Waals surface area contributed by atoms with Crippen LogP contribution in [0.4, 0.5) is 8.78 Å². The molecule has 20 heavy (non-hydrogen) atoms. The Labute approximate surface area is 114 Å². The van der Waals surface area contributed by atoms with Gasteiger partial charge in [-0.2, -0.15) is 10.2 Å². The van der Waals surface area contributed by atoms with Gasteiger partial charge in [0.25, 0.3) is 6.43 Å². The number of nitrogens with zero attached hydrogens (tertiary/aromatic N) is 4. The monoisotopic (exact) mass is 283 g/mol. The molecular weight excluding hydrogens is 268 g/mol. The van der Waals surface area contributed by atoms with Crippen LogP contribution in [0.2, 0.25) is 0 Å². The zero-order chi connectivity index (χ0) is 14.7. The second-order valence-corrected chi connectivity index (χ2v) is 4.47. The predicted octanol–water partition coefficient (Wildman–Crippen LogP) is 1.18. The van der Waals surface area contributed by atoms with Crippen LogP contribution in [-0.2, 0) is 24.9 Å². The van der Waals surface area contributed by atoms with Crippen LogP contribution in [0.1, 0.15) is 23.4 Å². The molecular formula is C12H15F2N5O. The molecule has 8 heteroatoms. The molecule has 0 aliphatic rings. The molecule has 2 heterocycles. The van der Waals surface area contributed by atoms with E-state index in [0.29, 0.717) is 12.2 Å². The fraction of sp³-hybridized carbons (Fsp3) is 0.417. The summed E-state index contributed by atoms with van der Waals surface area (Å²) < 4.78 is 28.1.